The Morgan fingerprint density at radius 3 is 2.57 bits per heavy atom. The summed E-state index contributed by atoms with van der Waals surface area (Å²) in [5.41, 5.74) is 1.63. The smallest absolute Gasteiger partial charge is 0.0944 e. The molecular formula is C13H22O. The minimum Gasteiger partial charge on any atom is -0.367 e. The molecule has 1 heterocycles. The van der Waals surface area contributed by atoms with Crippen molar-refractivity contribution >= 4 is 0 Å². The van der Waals surface area contributed by atoms with Gasteiger partial charge in [0.05, 0.1) is 11.7 Å². The third-order valence-corrected chi connectivity index (χ3v) is 4.25. The molecule has 1 heteroatoms. The van der Waals surface area contributed by atoms with E-state index < -0.39 is 0 Å². The van der Waals surface area contributed by atoms with Gasteiger partial charge in [-0.3, -0.25) is 0 Å². The van der Waals surface area contributed by atoms with Crippen LogP contribution in [0.2, 0.25) is 0 Å². The van der Waals surface area contributed by atoms with E-state index in [0.717, 1.165) is 6.42 Å². The fourth-order valence-corrected chi connectivity index (χ4v) is 3.25. The van der Waals surface area contributed by atoms with E-state index in [1.807, 2.05) is 0 Å². The maximum Gasteiger partial charge on any atom is 0.0944 e. The highest BCUT2D eigenvalue weighted by Gasteiger charge is 2.53. The zero-order chi connectivity index (χ0) is 10.4. The Balaban J connectivity index is 2.32. The van der Waals surface area contributed by atoms with Crippen LogP contribution in [-0.4, -0.2) is 11.7 Å². The molecule has 1 aliphatic heterocycles. The molecule has 0 aromatic carbocycles. The van der Waals surface area contributed by atoms with Crippen LogP contribution in [0.15, 0.2) is 12.2 Å². The molecule has 0 N–H and O–H groups in total. The minimum absolute atomic E-state index is 0.00463. The quantitative estimate of drug-likeness (QED) is 0.534. The summed E-state index contributed by atoms with van der Waals surface area (Å²) >= 11 is 0. The van der Waals surface area contributed by atoms with Crippen molar-refractivity contribution in [1.29, 1.82) is 0 Å². The lowest BCUT2D eigenvalue weighted by Crippen LogP contribution is -2.48. The average Bonchev–Trinajstić information content (AvgIpc) is 2.46. The van der Waals surface area contributed by atoms with E-state index in [-0.39, 0.29) is 11.0 Å². The maximum absolute atomic E-state index is 6.22. The minimum atomic E-state index is 0.00463. The van der Waals surface area contributed by atoms with Gasteiger partial charge in [-0.1, -0.05) is 20.4 Å². The lowest BCUT2D eigenvalue weighted by atomic mass is 9.62. The lowest BCUT2D eigenvalue weighted by molar-refractivity contribution is -0.0985. The Labute approximate surface area is 87.5 Å². The van der Waals surface area contributed by atoms with E-state index in [1.54, 1.807) is 0 Å². The first-order valence-corrected chi connectivity index (χ1v) is 5.84. The molecular weight excluding hydrogens is 172 g/mol. The summed E-state index contributed by atoms with van der Waals surface area (Å²) in [4.78, 5) is 0. The van der Waals surface area contributed by atoms with Crippen molar-refractivity contribution in [2.24, 2.45) is 5.41 Å². The number of hydrogen-bond donors (Lipinski definition) is 0. The van der Waals surface area contributed by atoms with Crippen LogP contribution >= 0.6 is 0 Å². The van der Waals surface area contributed by atoms with Crippen molar-refractivity contribution in [3.05, 3.63) is 12.2 Å². The van der Waals surface area contributed by atoms with Gasteiger partial charge in [0, 0.05) is 0 Å². The predicted molar refractivity (Wildman–Crippen MR) is 59.3 cm³/mol. The maximum atomic E-state index is 6.22. The van der Waals surface area contributed by atoms with Gasteiger partial charge in [-0.05, 0) is 50.0 Å². The Kier molecular flexibility index (Phi) is 2.26. The van der Waals surface area contributed by atoms with Gasteiger partial charge in [-0.15, -0.1) is 0 Å². The number of rotatable bonds is 0. The second kappa shape index (κ2) is 3.10. The third-order valence-electron chi connectivity index (χ3n) is 4.25. The van der Waals surface area contributed by atoms with Gasteiger partial charge >= 0.3 is 0 Å². The van der Waals surface area contributed by atoms with E-state index in [1.165, 1.54) is 31.3 Å². The van der Waals surface area contributed by atoms with Crippen molar-refractivity contribution in [3.63, 3.8) is 0 Å². The summed E-state index contributed by atoms with van der Waals surface area (Å²) in [7, 11) is 0. The zero-order valence-corrected chi connectivity index (χ0v) is 9.73. The van der Waals surface area contributed by atoms with Gasteiger partial charge in [0.25, 0.3) is 0 Å². The van der Waals surface area contributed by atoms with Crippen molar-refractivity contribution in [2.45, 2.75) is 64.6 Å². The van der Waals surface area contributed by atoms with E-state index in [2.05, 4.69) is 27.4 Å². The van der Waals surface area contributed by atoms with Gasteiger partial charge in [0.1, 0.15) is 0 Å². The first-order chi connectivity index (χ1) is 6.48. The van der Waals surface area contributed by atoms with Crippen molar-refractivity contribution in [3.8, 4) is 0 Å². The molecule has 0 radical (unpaired) electrons. The molecule has 1 saturated heterocycles. The van der Waals surface area contributed by atoms with Gasteiger partial charge in [0.15, 0.2) is 0 Å². The molecule has 1 spiro atoms. The second-order valence-electron chi connectivity index (χ2n) is 5.64. The van der Waals surface area contributed by atoms with Crippen LogP contribution in [0, 0.1) is 5.41 Å². The Bertz CT molecular complexity index is 254. The summed E-state index contributed by atoms with van der Waals surface area (Å²) in [6.45, 7) is 11.1. The molecule has 0 amide bonds. The molecule has 1 aliphatic carbocycles. The molecule has 1 saturated carbocycles. The van der Waals surface area contributed by atoms with Crippen molar-refractivity contribution in [1.82, 2.24) is 0 Å². The van der Waals surface area contributed by atoms with Crippen molar-refractivity contribution < 1.29 is 4.74 Å². The summed E-state index contributed by atoms with van der Waals surface area (Å²) < 4.78 is 6.22. The fourth-order valence-electron chi connectivity index (χ4n) is 3.25. The largest absolute Gasteiger partial charge is 0.367 e. The van der Waals surface area contributed by atoms with Gasteiger partial charge in [0.2, 0.25) is 0 Å². The Hall–Kier alpha value is -0.300. The van der Waals surface area contributed by atoms with E-state index in [4.69, 9.17) is 4.74 Å². The number of ether oxygens (including phenoxy) is 1. The molecule has 0 aromatic rings. The fraction of sp³-hybridized carbons (Fsp3) is 0.846. The van der Waals surface area contributed by atoms with Crippen molar-refractivity contribution in [2.75, 3.05) is 0 Å². The molecule has 0 aromatic heterocycles. The summed E-state index contributed by atoms with van der Waals surface area (Å²) in [5.74, 6) is 0. The van der Waals surface area contributed by atoms with Crippen LogP contribution < -0.4 is 0 Å². The summed E-state index contributed by atoms with van der Waals surface area (Å²) in [5, 5.41) is 0. The molecule has 1 nitrogen and oxygen atoms in total. The molecule has 14 heavy (non-hydrogen) atoms. The first kappa shape index (κ1) is 10.2. The Morgan fingerprint density at radius 1 is 1.36 bits per heavy atom. The highest BCUT2D eigenvalue weighted by Crippen LogP contribution is 2.54. The third kappa shape index (κ3) is 1.25. The second-order valence-corrected chi connectivity index (χ2v) is 5.64. The molecule has 2 fully saturated rings. The molecule has 2 rings (SSSR count). The molecule has 1 unspecified atom stereocenters. The highest BCUT2D eigenvalue weighted by atomic mass is 16.5. The lowest BCUT2D eigenvalue weighted by Gasteiger charge is -2.49. The molecule has 2 atom stereocenters. The van der Waals surface area contributed by atoms with Crippen LogP contribution in [-0.2, 0) is 4.74 Å². The molecule has 80 valence electrons. The topological polar surface area (TPSA) is 9.23 Å². The van der Waals surface area contributed by atoms with E-state index in [9.17, 15) is 0 Å². The molecule has 2 aliphatic rings. The van der Waals surface area contributed by atoms with E-state index in [0.29, 0.717) is 6.10 Å². The zero-order valence-electron chi connectivity index (χ0n) is 9.73. The standard InChI is InChI=1S/C13H22O/c1-10-6-5-8-12(3,4)13(10)9-7-11(2)14-13/h11H,1,5-9H2,2-4H3/t11-,13?/m1/s1. The van der Waals surface area contributed by atoms with Gasteiger partial charge < -0.3 is 4.74 Å². The number of hydrogen-bond acceptors (Lipinski definition) is 1. The average molecular weight is 194 g/mol. The normalized spacial score (nSPS) is 41.9. The van der Waals surface area contributed by atoms with Gasteiger partial charge in [-0.2, -0.15) is 0 Å². The SMILES string of the molecule is C=C1CCCC(C)(C)C12CC[C@@H](C)O2. The Morgan fingerprint density at radius 2 is 2.07 bits per heavy atom. The summed E-state index contributed by atoms with van der Waals surface area (Å²) in [6.07, 6.45) is 6.52. The van der Waals surface area contributed by atoms with Crippen LogP contribution in [0.3, 0.4) is 0 Å². The monoisotopic (exact) mass is 194 g/mol. The first-order valence-electron chi connectivity index (χ1n) is 5.84. The predicted octanol–water partition coefficient (Wildman–Crippen LogP) is 3.69. The summed E-state index contributed by atoms with van der Waals surface area (Å²) in [6, 6.07) is 0. The molecule has 0 bridgehead atoms. The van der Waals surface area contributed by atoms with Crippen LogP contribution in [0.25, 0.3) is 0 Å². The highest BCUT2D eigenvalue weighted by molar-refractivity contribution is 5.23. The van der Waals surface area contributed by atoms with Crippen LogP contribution in [0.4, 0.5) is 0 Å². The van der Waals surface area contributed by atoms with Crippen LogP contribution in [0.1, 0.15) is 52.9 Å². The van der Waals surface area contributed by atoms with Gasteiger partial charge in [-0.25, -0.2) is 0 Å². The van der Waals surface area contributed by atoms with E-state index >= 15 is 0 Å². The van der Waals surface area contributed by atoms with Crippen LogP contribution in [0.5, 0.6) is 0 Å².